The van der Waals surface area contributed by atoms with Gasteiger partial charge in [-0.1, -0.05) is 19.8 Å². The van der Waals surface area contributed by atoms with Crippen LogP contribution in [-0.4, -0.2) is 41.0 Å². The Morgan fingerprint density at radius 3 is 2.88 bits per heavy atom. The second-order valence-electron chi connectivity index (χ2n) is 4.40. The number of nitrogens with two attached hydrogens (primary N) is 1. The molecule has 3 N–H and O–H groups in total. The highest BCUT2D eigenvalue weighted by atomic mass is 16.4. The normalized spacial score (nSPS) is 22.8. The molecule has 1 heterocycles. The zero-order chi connectivity index (χ0) is 12.7. The minimum absolute atomic E-state index is 0.0403. The Morgan fingerprint density at radius 1 is 1.53 bits per heavy atom. The Kier molecular flexibility index (Phi) is 5.31. The zero-order valence-electron chi connectivity index (χ0n) is 10.4. The van der Waals surface area contributed by atoms with Crippen molar-refractivity contribution in [3.05, 3.63) is 12.4 Å². The standard InChI is InChI=1S/C12H21N3O2/c1-2-3-4-5-11-14-7-9-15(11,8-6-13)10-12(16)17/h7,9H,2-6,8,10,13H2,1H3/p+1. The average molecular weight is 240 g/mol. The number of aliphatic imine (C=N–C) groups is 1. The van der Waals surface area contributed by atoms with Gasteiger partial charge in [-0.3, -0.25) is 0 Å². The first-order valence-corrected chi connectivity index (χ1v) is 6.18. The van der Waals surface area contributed by atoms with Crippen LogP contribution < -0.4 is 5.73 Å². The molecule has 0 aromatic rings. The van der Waals surface area contributed by atoms with Gasteiger partial charge >= 0.3 is 5.97 Å². The van der Waals surface area contributed by atoms with E-state index in [-0.39, 0.29) is 6.54 Å². The van der Waals surface area contributed by atoms with Crippen molar-refractivity contribution in [3.8, 4) is 0 Å². The Labute approximate surface area is 102 Å². The van der Waals surface area contributed by atoms with Crippen LogP contribution in [0.5, 0.6) is 0 Å². The predicted molar refractivity (Wildman–Crippen MR) is 67.4 cm³/mol. The average Bonchev–Trinajstić information content (AvgIpc) is 2.61. The van der Waals surface area contributed by atoms with Crippen molar-refractivity contribution in [2.75, 3.05) is 19.6 Å². The van der Waals surface area contributed by atoms with E-state index in [1.54, 1.807) is 6.20 Å². The van der Waals surface area contributed by atoms with E-state index in [2.05, 4.69) is 11.9 Å². The summed E-state index contributed by atoms with van der Waals surface area (Å²) in [5.74, 6) is 0.125. The molecule has 1 aliphatic heterocycles. The van der Waals surface area contributed by atoms with Crippen LogP contribution >= 0.6 is 0 Å². The molecule has 96 valence electrons. The fourth-order valence-corrected chi connectivity index (χ4v) is 2.17. The number of nitrogens with zero attached hydrogens (tertiary/aromatic N) is 2. The van der Waals surface area contributed by atoms with Gasteiger partial charge < -0.3 is 10.8 Å². The van der Waals surface area contributed by atoms with Crippen molar-refractivity contribution >= 4 is 11.8 Å². The summed E-state index contributed by atoms with van der Waals surface area (Å²) in [6.07, 6.45) is 7.77. The Hall–Kier alpha value is -1.20. The number of carboxylic acids is 1. The first-order valence-electron chi connectivity index (χ1n) is 6.18. The summed E-state index contributed by atoms with van der Waals surface area (Å²) in [7, 11) is 0. The molecule has 0 aliphatic carbocycles. The lowest BCUT2D eigenvalue weighted by atomic mass is 10.1. The van der Waals surface area contributed by atoms with Gasteiger partial charge in [-0.15, -0.1) is 0 Å². The summed E-state index contributed by atoms with van der Waals surface area (Å²) in [6, 6.07) is 0. The summed E-state index contributed by atoms with van der Waals surface area (Å²) in [5, 5.41) is 9.01. The van der Waals surface area contributed by atoms with Crippen LogP contribution in [0.15, 0.2) is 17.4 Å². The number of hydrogen-bond donors (Lipinski definition) is 2. The highest BCUT2D eigenvalue weighted by Crippen LogP contribution is 2.20. The van der Waals surface area contributed by atoms with Gasteiger partial charge in [-0.2, -0.15) is 0 Å². The molecule has 1 unspecified atom stereocenters. The van der Waals surface area contributed by atoms with Crippen LogP contribution in [0.25, 0.3) is 0 Å². The smallest absolute Gasteiger partial charge is 0.360 e. The first-order chi connectivity index (χ1) is 8.14. The molecule has 1 atom stereocenters. The zero-order valence-corrected chi connectivity index (χ0v) is 10.4. The summed E-state index contributed by atoms with van der Waals surface area (Å²) in [5.41, 5.74) is 5.59. The van der Waals surface area contributed by atoms with E-state index in [0.717, 1.165) is 31.5 Å². The molecule has 17 heavy (non-hydrogen) atoms. The van der Waals surface area contributed by atoms with Crippen LogP contribution in [0, 0.1) is 0 Å². The fourth-order valence-electron chi connectivity index (χ4n) is 2.17. The number of aliphatic carboxylic acids is 1. The third-order valence-electron chi connectivity index (χ3n) is 3.04. The lowest BCUT2D eigenvalue weighted by molar-refractivity contribution is -0.778. The topological polar surface area (TPSA) is 75.7 Å². The molecule has 0 aromatic heterocycles. The molecule has 5 nitrogen and oxygen atoms in total. The van der Waals surface area contributed by atoms with E-state index >= 15 is 0 Å². The molecule has 0 saturated heterocycles. The number of rotatable bonds is 8. The van der Waals surface area contributed by atoms with Gasteiger partial charge in [0, 0.05) is 13.0 Å². The molecule has 0 bridgehead atoms. The van der Waals surface area contributed by atoms with Crippen molar-refractivity contribution < 1.29 is 14.4 Å². The molecular weight excluding hydrogens is 218 g/mol. The molecule has 0 spiro atoms. The monoisotopic (exact) mass is 240 g/mol. The van der Waals surface area contributed by atoms with Crippen molar-refractivity contribution in [2.24, 2.45) is 10.7 Å². The van der Waals surface area contributed by atoms with Crippen LogP contribution in [0.1, 0.15) is 32.6 Å². The maximum Gasteiger partial charge on any atom is 0.360 e. The van der Waals surface area contributed by atoms with Gasteiger partial charge in [0.25, 0.3) is 0 Å². The Balaban J connectivity index is 2.70. The number of hydrogen-bond acceptors (Lipinski definition) is 3. The lowest BCUT2D eigenvalue weighted by Gasteiger charge is -2.30. The molecule has 0 fully saturated rings. The van der Waals surface area contributed by atoms with Crippen LogP contribution in [0.2, 0.25) is 0 Å². The van der Waals surface area contributed by atoms with E-state index in [1.165, 1.54) is 0 Å². The van der Waals surface area contributed by atoms with Crippen molar-refractivity contribution in [1.29, 1.82) is 0 Å². The summed E-state index contributed by atoms with van der Waals surface area (Å²) in [4.78, 5) is 15.3. The van der Waals surface area contributed by atoms with Gasteiger partial charge in [0.05, 0.1) is 6.20 Å². The molecule has 1 rings (SSSR count). The first kappa shape index (κ1) is 13.9. The van der Waals surface area contributed by atoms with E-state index in [1.807, 2.05) is 6.20 Å². The SMILES string of the molecule is CCCCCC1=NC=C[N+]1(CCN)CC(=O)O. The van der Waals surface area contributed by atoms with Crippen LogP contribution in [0.4, 0.5) is 0 Å². The predicted octanol–water partition coefficient (Wildman–Crippen LogP) is 1.31. The number of unbranched alkanes of at least 4 members (excludes halogenated alkanes) is 2. The van der Waals surface area contributed by atoms with Crippen molar-refractivity contribution in [2.45, 2.75) is 32.6 Å². The maximum atomic E-state index is 11.0. The largest absolute Gasteiger partial charge is 0.477 e. The van der Waals surface area contributed by atoms with E-state index < -0.39 is 5.97 Å². The van der Waals surface area contributed by atoms with Gasteiger partial charge in [-0.05, 0) is 6.42 Å². The third kappa shape index (κ3) is 3.64. The minimum Gasteiger partial charge on any atom is -0.477 e. The molecule has 0 amide bonds. The number of quaternary nitrogens is 1. The second kappa shape index (κ2) is 6.51. The fraction of sp³-hybridized carbons (Fsp3) is 0.667. The number of carbonyl (C=O) groups is 1. The molecule has 0 saturated carbocycles. The van der Waals surface area contributed by atoms with E-state index in [0.29, 0.717) is 17.6 Å². The molecule has 0 radical (unpaired) electrons. The second-order valence-corrected chi connectivity index (χ2v) is 4.40. The minimum atomic E-state index is -0.812. The number of carboxylic acid groups (broad SMARTS) is 1. The van der Waals surface area contributed by atoms with Crippen LogP contribution in [-0.2, 0) is 4.79 Å². The molecule has 1 aliphatic rings. The van der Waals surface area contributed by atoms with Crippen molar-refractivity contribution in [1.82, 2.24) is 0 Å². The molecule has 0 aromatic carbocycles. The van der Waals surface area contributed by atoms with Gasteiger partial charge in [0.15, 0.2) is 6.54 Å². The third-order valence-corrected chi connectivity index (χ3v) is 3.04. The number of amidine groups is 1. The molecular formula is C12H22N3O2+. The van der Waals surface area contributed by atoms with Crippen LogP contribution in [0.3, 0.4) is 0 Å². The quantitative estimate of drug-likeness (QED) is 0.496. The lowest BCUT2D eigenvalue weighted by Crippen LogP contribution is -2.52. The van der Waals surface area contributed by atoms with E-state index in [4.69, 9.17) is 10.8 Å². The Morgan fingerprint density at radius 2 is 2.29 bits per heavy atom. The summed E-state index contributed by atoms with van der Waals surface area (Å²) in [6.45, 7) is 3.25. The Bertz CT molecular complexity index is 326. The highest BCUT2D eigenvalue weighted by molar-refractivity contribution is 5.81. The highest BCUT2D eigenvalue weighted by Gasteiger charge is 2.36. The molecule has 5 heteroatoms. The summed E-state index contributed by atoms with van der Waals surface area (Å²) >= 11 is 0. The van der Waals surface area contributed by atoms with Gasteiger partial charge in [0.2, 0.25) is 5.84 Å². The summed E-state index contributed by atoms with van der Waals surface area (Å²) < 4.78 is 0.301. The van der Waals surface area contributed by atoms with E-state index in [9.17, 15) is 4.79 Å². The maximum absolute atomic E-state index is 11.0. The van der Waals surface area contributed by atoms with Gasteiger partial charge in [-0.25, -0.2) is 14.3 Å². The van der Waals surface area contributed by atoms with Crippen molar-refractivity contribution in [3.63, 3.8) is 0 Å². The van der Waals surface area contributed by atoms with Gasteiger partial charge in [0.1, 0.15) is 12.7 Å².